The Morgan fingerprint density at radius 1 is 1.14 bits per heavy atom. The summed E-state index contributed by atoms with van der Waals surface area (Å²) in [6, 6.07) is 9.22. The Hall–Kier alpha value is -2.87. The predicted molar refractivity (Wildman–Crippen MR) is 105 cm³/mol. The summed E-state index contributed by atoms with van der Waals surface area (Å²) < 4.78 is 7.23. The molecule has 2 atom stereocenters. The van der Waals surface area contributed by atoms with Crippen LogP contribution in [0.25, 0.3) is 0 Å². The van der Waals surface area contributed by atoms with Crippen LogP contribution in [0.2, 0.25) is 5.28 Å². The molecule has 1 saturated heterocycles. The molecule has 9 heteroatoms. The molecule has 3 aromatic heterocycles. The van der Waals surface area contributed by atoms with Gasteiger partial charge in [-0.1, -0.05) is 6.07 Å². The van der Waals surface area contributed by atoms with E-state index < -0.39 is 0 Å². The summed E-state index contributed by atoms with van der Waals surface area (Å²) in [6.07, 6.45) is 2.70. The van der Waals surface area contributed by atoms with Crippen molar-refractivity contribution in [2.75, 3.05) is 23.3 Å². The molecular formula is C19H19ClN6O2. The number of pyridine rings is 1. The second kappa shape index (κ2) is 6.94. The van der Waals surface area contributed by atoms with E-state index in [0.717, 1.165) is 37.5 Å². The van der Waals surface area contributed by atoms with E-state index in [2.05, 4.69) is 25.2 Å². The largest absolute Gasteiger partial charge is 0.467 e. The van der Waals surface area contributed by atoms with Crippen molar-refractivity contribution in [1.82, 2.24) is 19.5 Å². The molecule has 5 heterocycles. The SMILES string of the molecule is O=c1cccc2n1C[C@H]1C[C@H]2CN(c2nc(Cl)nc(NCc3ccco3)n2)C1. The lowest BCUT2D eigenvalue weighted by atomic mass is 9.83. The number of anilines is 2. The van der Waals surface area contributed by atoms with E-state index in [1.807, 2.05) is 28.8 Å². The van der Waals surface area contributed by atoms with Gasteiger partial charge in [0.2, 0.25) is 17.2 Å². The third-order valence-corrected chi connectivity index (χ3v) is 5.53. The minimum absolute atomic E-state index is 0.0771. The fourth-order valence-electron chi connectivity index (χ4n) is 4.20. The first-order chi connectivity index (χ1) is 13.7. The van der Waals surface area contributed by atoms with E-state index in [9.17, 15) is 4.79 Å². The summed E-state index contributed by atoms with van der Waals surface area (Å²) >= 11 is 6.15. The highest BCUT2D eigenvalue weighted by Crippen LogP contribution is 2.36. The maximum absolute atomic E-state index is 12.2. The molecule has 1 fully saturated rings. The van der Waals surface area contributed by atoms with Crippen LogP contribution in [0.5, 0.6) is 0 Å². The molecule has 3 aromatic rings. The molecule has 8 nitrogen and oxygen atoms in total. The summed E-state index contributed by atoms with van der Waals surface area (Å²) in [6.45, 7) is 2.73. The molecule has 28 heavy (non-hydrogen) atoms. The van der Waals surface area contributed by atoms with Crippen LogP contribution >= 0.6 is 11.6 Å². The lowest BCUT2D eigenvalue weighted by Gasteiger charge is -2.42. The molecule has 0 radical (unpaired) electrons. The van der Waals surface area contributed by atoms with E-state index in [4.69, 9.17) is 16.0 Å². The fourth-order valence-corrected chi connectivity index (χ4v) is 4.35. The Morgan fingerprint density at radius 3 is 2.93 bits per heavy atom. The Kier molecular flexibility index (Phi) is 4.27. The van der Waals surface area contributed by atoms with Crippen molar-refractivity contribution in [1.29, 1.82) is 0 Å². The minimum Gasteiger partial charge on any atom is -0.467 e. The van der Waals surface area contributed by atoms with Gasteiger partial charge in [-0.15, -0.1) is 0 Å². The Labute approximate surface area is 166 Å². The van der Waals surface area contributed by atoms with Crippen LogP contribution in [-0.4, -0.2) is 32.6 Å². The molecule has 0 spiro atoms. The third kappa shape index (κ3) is 3.24. The molecule has 2 aliphatic rings. The van der Waals surface area contributed by atoms with Crippen LogP contribution in [0.15, 0.2) is 45.8 Å². The number of fused-ring (bicyclic) bond motifs is 4. The van der Waals surface area contributed by atoms with Gasteiger partial charge >= 0.3 is 0 Å². The van der Waals surface area contributed by atoms with Crippen LogP contribution in [0.3, 0.4) is 0 Å². The summed E-state index contributed by atoms with van der Waals surface area (Å²) in [5.41, 5.74) is 1.16. The summed E-state index contributed by atoms with van der Waals surface area (Å²) in [4.78, 5) is 27.4. The Morgan fingerprint density at radius 2 is 2.07 bits per heavy atom. The molecule has 0 unspecified atom stereocenters. The monoisotopic (exact) mass is 398 g/mol. The molecule has 0 aromatic carbocycles. The van der Waals surface area contributed by atoms with Crippen LogP contribution < -0.4 is 15.8 Å². The van der Waals surface area contributed by atoms with Gasteiger partial charge in [-0.2, -0.15) is 15.0 Å². The van der Waals surface area contributed by atoms with Crippen molar-refractivity contribution in [2.24, 2.45) is 5.92 Å². The number of furan rings is 1. The van der Waals surface area contributed by atoms with E-state index in [1.54, 1.807) is 12.3 Å². The zero-order valence-electron chi connectivity index (χ0n) is 15.1. The standard InChI is InChI=1S/C19H19ClN6O2/c20-17-22-18(21-8-14-3-2-6-28-14)24-19(23-17)25-9-12-7-13(11-25)15-4-1-5-16(27)26(15)10-12/h1-6,12-13H,7-11H2,(H,21,22,23,24)/t12-,13-/m0/s1. The topological polar surface area (TPSA) is 89.1 Å². The van der Waals surface area contributed by atoms with E-state index in [-0.39, 0.29) is 16.8 Å². The third-order valence-electron chi connectivity index (χ3n) is 5.36. The second-order valence-electron chi connectivity index (χ2n) is 7.26. The minimum atomic E-state index is 0.0771. The van der Waals surface area contributed by atoms with Crippen molar-refractivity contribution in [2.45, 2.75) is 25.4 Å². The van der Waals surface area contributed by atoms with Gasteiger partial charge in [0.15, 0.2) is 0 Å². The average Bonchev–Trinajstić information content (AvgIpc) is 3.20. The summed E-state index contributed by atoms with van der Waals surface area (Å²) in [5.74, 6) is 2.41. The van der Waals surface area contributed by atoms with E-state index >= 15 is 0 Å². The number of hydrogen-bond donors (Lipinski definition) is 1. The van der Waals surface area contributed by atoms with Crippen molar-refractivity contribution in [3.05, 3.63) is 63.7 Å². The molecule has 5 rings (SSSR count). The van der Waals surface area contributed by atoms with Crippen molar-refractivity contribution < 1.29 is 4.42 Å². The number of piperidine rings is 1. The molecule has 2 aliphatic heterocycles. The van der Waals surface area contributed by atoms with Crippen molar-refractivity contribution in [3.8, 4) is 0 Å². The van der Waals surface area contributed by atoms with Gasteiger partial charge in [0.25, 0.3) is 5.56 Å². The summed E-state index contributed by atoms with van der Waals surface area (Å²) in [5, 5.41) is 3.28. The highest BCUT2D eigenvalue weighted by atomic mass is 35.5. The second-order valence-corrected chi connectivity index (χ2v) is 7.60. The lowest BCUT2D eigenvalue weighted by molar-refractivity contribution is 0.279. The number of rotatable bonds is 4. The molecule has 0 amide bonds. The van der Waals surface area contributed by atoms with Gasteiger partial charge in [0.1, 0.15) is 5.76 Å². The number of halogens is 1. The first-order valence-electron chi connectivity index (χ1n) is 9.28. The molecule has 0 saturated carbocycles. The van der Waals surface area contributed by atoms with Crippen LogP contribution in [0.1, 0.15) is 23.8 Å². The molecule has 144 valence electrons. The van der Waals surface area contributed by atoms with Crippen LogP contribution in [0, 0.1) is 5.92 Å². The quantitative estimate of drug-likeness (QED) is 0.722. The van der Waals surface area contributed by atoms with Crippen molar-refractivity contribution in [3.63, 3.8) is 0 Å². The van der Waals surface area contributed by atoms with Gasteiger partial charge in [0, 0.05) is 37.3 Å². The fraction of sp³-hybridized carbons (Fsp3) is 0.368. The normalized spacial score (nSPS) is 20.7. The lowest BCUT2D eigenvalue weighted by Crippen LogP contribution is -2.47. The maximum atomic E-state index is 12.2. The van der Waals surface area contributed by atoms with Crippen LogP contribution in [-0.2, 0) is 13.1 Å². The molecule has 2 bridgehead atoms. The average molecular weight is 399 g/mol. The summed E-state index contributed by atoms with van der Waals surface area (Å²) in [7, 11) is 0. The Bertz CT molecular complexity index is 1050. The smallest absolute Gasteiger partial charge is 0.250 e. The predicted octanol–water partition coefficient (Wildman–Crippen LogP) is 2.52. The molecular weight excluding hydrogens is 380 g/mol. The van der Waals surface area contributed by atoms with Gasteiger partial charge in [-0.05, 0) is 42.1 Å². The molecule has 0 aliphatic carbocycles. The zero-order valence-corrected chi connectivity index (χ0v) is 15.8. The molecule has 1 N–H and O–H groups in total. The van der Waals surface area contributed by atoms with Crippen LogP contribution in [0.4, 0.5) is 11.9 Å². The van der Waals surface area contributed by atoms with Gasteiger partial charge in [-0.25, -0.2) is 0 Å². The van der Waals surface area contributed by atoms with Gasteiger partial charge < -0.3 is 19.2 Å². The van der Waals surface area contributed by atoms with Gasteiger partial charge in [0.05, 0.1) is 12.8 Å². The zero-order chi connectivity index (χ0) is 19.1. The maximum Gasteiger partial charge on any atom is 0.250 e. The first kappa shape index (κ1) is 17.2. The highest BCUT2D eigenvalue weighted by molar-refractivity contribution is 6.28. The van der Waals surface area contributed by atoms with Crippen molar-refractivity contribution >= 4 is 23.5 Å². The Balaban J connectivity index is 1.39. The van der Waals surface area contributed by atoms with E-state index in [1.165, 1.54) is 0 Å². The highest BCUT2D eigenvalue weighted by Gasteiger charge is 2.35. The first-order valence-corrected chi connectivity index (χ1v) is 9.66. The number of aromatic nitrogens is 4. The number of nitrogens with zero attached hydrogens (tertiary/aromatic N) is 5. The van der Waals surface area contributed by atoms with Gasteiger partial charge in [-0.3, -0.25) is 4.79 Å². The van der Waals surface area contributed by atoms with E-state index in [0.29, 0.717) is 24.4 Å². The number of nitrogens with one attached hydrogen (secondary N) is 1. The number of hydrogen-bond acceptors (Lipinski definition) is 7.